The van der Waals surface area contributed by atoms with E-state index in [-0.39, 0.29) is 58.8 Å². The first kappa shape index (κ1) is 29.5. The van der Waals surface area contributed by atoms with Crippen LogP contribution in [0.3, 0.4) is 0 Å². The summed E-state index contributed by atoms with van der Waals surface area (Å²) in [6, 6.07) is 26.2. The van der Waals surface area contributed by atoms with Gasteiger partial charge in [-0.3, -0.25) is 0 Å². The van der Waals surface area contributed by atoms with Gasteiger partial charge in [0.05, 0.1) is 0 Å². The molecule has 10 heteroatoms. The molecule has 0 radical (unpaired) electrons. The standard InChI is InChI=1S/C42H32O8P2/c43-51(44,45)49-41-37-33-15-34(30-12-26-22-9-21(25(26)11-29(30)33)17-5-1-2-6-18(17)22)38(37)42(50-52(46,47)48)40-36-16-35(39(40)41)31-13-27-23-10-24(28(27)14-32(31)36)20-8-4-3-7-19(20)23/h1-8,11-14,21-24,33-36H,9-10,15-16H2,(H2,43,44,45)(H2,46,47,48)/p-4/t21-,22?,23+,24?,33-,34?,35+,36?. The molecule has 0 saturated heterocycles. The normalized spacial score (nSPS) is 29.0. The second kappa shape index (κ2) is 9.19. The highest BCUT2D eigenvalue weighted by Gasteiger charge is 2.55. The lowest BCUT2D eigenvalue weighted by atomic mass is 9.74. The molecular weight excluding hydrogens is 694 g/mol. The third kappa shape index (κ3) is 3.46. The van der Waals surface area contributed by atoms with E-state index in [1.54, 1.807) is 0 Å². The third-order valence-electron chi connectivity index (χ3n) is 14.3. The van der Waals surface area contributed by atoms with Gasteiger partial charge in [-0.25, -0.2) is 0 Å². The summed E-state index contributed by atoms with van der Waals surface area (Å²) in [5.41, 5.74) is 16.6. The molecule has 52 heavy (non-hydrogen) atoms. The zero-order chi connectivity index (χ0) is 34.7. The monoisotopic (exact) mass is 722 g/mol. The molecule has 0 N–H and O–H groups in total. The van der Waals surface area contributed by atoms with E-state index >= 15 is 0 Å². The maximum atomic E-state index is 12.6. The van der Waals surface area contributed by atoms with Crippen molar-refractivity contribution in [2.45, 2.75) is 73.0 Å². The fourth-order valence-corrected chi connectivity index (χ4v) is 13.7. The van der Waals surface area contributed by atoms with Crippen molar-refractivity contribution in [3.63, 3.8) is 0 Å². The van der Waals surface area contributed by atoms with Gasteiger partial charge in [0.15, 0.2) is 0 Å². The molecule has 13 rings (SSSR count). The summed E-state index contributed by atoms with van der Waals surface area (Å²) in [6.45, 7) is 0. The molecule has 0 saturated carbocycles. The van der Waals surface area contributed by atoms with Gasteiger partial charge in [-0.05, 0) is 92.4 Å². The van der Waals surface area contributed by atoms with Crippen LogP contribution >= 0.6 is 15.6 Å². The summed E-state index contributed by atoms with van der Waals surface area (Å²) in [7, 11) is -11.1. The van der Waals surface area contributed by atoms with Gasteiger partial charge in [-0.1, -0.05) is 72.8 Å². The Morgan fingerprint density at radius 2 is 0.615 bits per heavy atom. The highest BCUT2D eigenvalue weighted by atomic mass is 31.2. The molecule has 8 bridgehead atoms. The minimum absolute atomic E-state index is 0.0216. The first-order chi connectivity index (χ1) is 25.0. The van der Waals surface area contributed by atoms with E-state index in [4.69, 9.17) is 9.05 Å². The number of benzene rings is 5. The van der Waals surface area contributed by atoms with Crippen molar-refractivity contribution in [2.24, 2.45) is 0 Å². The number of hydrogen-bond acceptors (Lipinski definition) is 8. The van der Waals surface area contributed by atoms with Gasteiger partial charge < -0.3 is 37.8 Å². The highest BCUT2D eigenvalue weighted by molar-refractivity contribution is 7.43. The zero-order valence-electron chi connectivity index (χ0n) is 27.5. The van der Waals surface area contributed by atoms with Gasteiger partial charge in [0.2, 0.25) is 0 Å². The van der Waals surface area contributed by atoms with Crippen LogP contribution in [0.4, 0.5) is 0 Å². The second-order valence-corrected chi connectivity index (χ2v) is 18.4. The molecule has 5 aromatic carbocycles. The summed E-state index contributed by atoms with van der Waals surface area (Å²) < 4.78 is 36.3. The number of rotatable bonds is 4. The van der Waals surface area contributed by atoms with Crippen LogP contribution in [0.2, 0.25) is 0 Å². The lowest BCUT2D eigenvalue weighted by Gasteiger charge is -2.39. The lowest BCUT2D eigenvalue weighted by molar-refractivity contribution is -0.336. The summed E-state index contributed by atoms with van der Waals surface area (Å²) in [4.78, 5) is 50.4. The third-order valence-corrected chi connectivity index (χ3v) is 15.1. The summed E-state index contributed by atoms with van der Waals surface area (Å²) >= 11 is 0. The molecule has 258 valence electrons. The van der Waals surface area contributed by atoms with Gasteiger partial charge in [-0.2, -0.15) is 0 Å². The minimum Gasteiger partial charge on any atom is -0.780 e. The van der Waals surface area contributed by atoms with Crippen molar-refractivity contribution in [1.82, 2.24) is 0 Å². The number of hydrogen-bond donors (Lipinski definition) is 0. The highest BCUT2D eigenvalue weighted by Crippen LogP contribution is 2.72. The first-order valence-electron chi connectivity index (χ1n) is 18.2. The molecule has 0 aliphatic heterocycles. The maximum absolute atomic E-state index is 12.6. The Kier molecular flexibility index (Phi) is 5.21. The number of phosphoric ester groups is 2. The second-order valence-electron chi connectivity index (χ2n) is 16.2. The number of phosphoric acid groups is 2. The Labute approximate surface area is 298 Å². The van der Waals surface area contributed by atoms with E-state index in [9.17, 15) is 28.7 Å². The Morgan fingerprint density at radius 3 is 0.865 bits per heavy atom. The van der Waals surface area contributed by atoms with Crippen molar-refractivity contribution < 1.29 is 37.8 Å². The van der Waals surface area contributed by atoms with Gasteiger partial charge >= 0.3 is 0 Å². The average molecular weight is 723 g/mol. The molecule has 0 heterocycles. The van der Waals surface area contributed by atoms with E-state index in [1.165, 1.54) is 44.5 Å². The predicted molar refractivity (Wildman–Crippen MR) is 182 cm³/mol. The van der Waals surface area contributed by atoms with Gasteiger partial charge in [-0.15, -0.1) is 0 Å². The van der Waals surface area contributed by atoms with Crippen LogP contribution in [0.1, 0.15) is 162 Å². The van der Waals surface area contributed by atoms with Crippen molar-refractivity contribution in [3.05, 3.63) is 162 Å². The molecule has 0 aromatic heterocycles. The zero-order valence-corrected chi connectivity index (χ0v) is 29.3. The smallest absolute Gasteiger partial charge is 0.132 e. The van der Waals surface area contributed by atoms with Crippen molar-refractivity contribution >= 4 is 15.6 Å². The fraction of sp³-hybridized carbons (Fsp3) is 0.286. The summed E-state index contributed by atoms with van der Waals surface area (Å²) in [5, 5.41) is 0. The number of fused-ring (bicyclic) bond motifs is 32. The fourth-order valence-electron chi connectivity index (χ4n) is 12.9. The van der Waals surface area contributed by atoms with Crippen molar-refractivity contribution in [1.29, 1.82) is 0 Å². The molecule has 8 aliphatic carbocycles. The van der Waals surface area contributed by atoms with Crippen LogP contribution in [-0.4, -0.2) is 0 Å². The van der Waals surface area contributed by atoms with Crippen LogP contribution < -0.4 is 28.6 Å². The van der Waals surface area contributed by atoms with E-state index in [1.807, 2.05) is 0 Å². The largest absolute Gasteiger partial charge is 0.780 e. The quantitative estimate of drug-likeness (QED) is 0.205. The molecule has 0 amide bonds. The SMILES string of the molecule is O=P([O-])([O-])Oc1c2c(c(OP(=O)([O-])[O-])c3c1C1C[C@H]3c3cc4c(cc31)C1C[C@H]4c3ccccc31)[C@@H]1CC2c2cc3c(cc21)[C@@H]1CC3c2ccccc21. The van der Waals surface area contributed by atoms with Crippen LogP contribution in [0.25, 0.3) is 0 Å². The van der Waals surface area contributed by atoms with Crippen LogP contribution in [0.15, 0.2) is 72.8 Å². The maximum Gasteiger partial charge on any atom is 0.132 e. The first-order valence-corrected chi connectivity index (χ1v) is 21.1. The molecule has 4 unspecified atom stereocenters. The average Bonchev–Trinajstić information content (AvgIpc) is 3.98. The molecule has 5 aromatic rings. The van der Waals surface area contributed by atoms with Crippen molar-refractivity contribution in [2.75, 3.05) is 0 Å². The Morgan fingerprint density at radius 1 is 0.385 bits per heavy atom. The molecule has 8 atom stereocenters. The predicted octanol–water partition coefficient (Wildman–Crippen LogP) is 6.03. The van der Waals surface area contributed by atoms with E-state index < -0.39 is 15.6 Å². The Hall–Kier alpha value is -4.00. The van der Waals surface area contributed by atoms with Gasteiger partial charge in [0, 0.05) is 69.6 Å². The van der Waals surface area contributed by atoms with Gasteiger partial charge in [0.25, 0.3) is 0 Å². The molecular formula is C42H28O8P2-4. The summed E-state index contributed by atoms with van der Waals surface area (Å²) in [5.74, 6) is -0.203. The lowest BCUT2D eigenvalue weighted by Crippen LogP contribution is -2.24. The van der Waals surface area contributed by atoms with E-state index in [2.05, 4.69) is 72.8 Å². The molecule has 8 aliphatic rings. The molecule has 0 spiro atoms. The Balaban J connectivity index is 1.03. The van der Waals surface area contributed by atoms with E-state index in [0.717, 1.165) is 35.1 Å². The van der Waals surface area contributed by atoms with Crippen LogP contribution in [0, 0.1) is 0 Å². The minimum atomic E-state index is -5.56. The van der Waals surface area contributed by atoms with Crippen LogP contribution in [-0.2, 0) is 9.13 Å². The van der Waals surface area contributed by atoms with E-state index in [0.29, 0.717) is 35.1 Å². The summed E-state index contributed by atoms with van der Waals surface area (Å²) in [6.07, 6.45) is 3.10. The van der Waals surface area contributed by atoms with Crippen LogP contribution in [0.5, 0.6) is 11.5 Å². The molecule has 8 nitrogen and oxygen atoms in total. The molecule has 0 fully saturated rings. The Bertz CT molecular complexity index is 2340. The van der Waals surface area contributed by atoms with Gasteiger partial charge in [0.1, 0.15) is 27.1 Å². The topological polar surface area (TPSA) is 145 Å². The van der Waals surface area contributed by atoms with Crippen molar-refractivity contribution in [3.8, 4) is 11.5 Å².